The van der Waals surface area contributed by atoms with Crippen LogP contribution < -0.4 is 4.74 Å². The van der Waals surface area contributed by atoms with E-state index in [0.29, 0.717) is 22.6 Å². The van der Waals surface area contributed by atoms with Gasteiger partial charge in [0, 0.05) is 5.56 Å². The highest BCUT2D eigenvalue weighted by molar-refractivity contribution is 8.27. The average Bonchev–Trinajstić information content (AvgIpc) is 3.27. The van der Waals surface area contributed by atoms with E-state index in [1.807, 2.05) is 30.3 Å². The number of hydrogen-bond donors (Lipinski definition) is 1. The molecular weight excluding hydrogens is 439 g/mol. The molecule has 0 unspecified atom stereocenters. The molecule has 0 saturated heterocycles. The van der Waals surface area contributed by atoms with Crippen LogP contribution in [0.3, 0.4) is 0 Å². The summed E-state index contributed by atoms with van der Waals surface area (Å²) in [6, 6.07) is 22.9. The van der Waals surface area contributed by atoms with Crippen molar-refractivity contribution in [1.82, 2.24) is 5.01 Å². The normalized spacial score (nSPS) is 16.5. The van der Waals surface area contributed by atoms with Gasteiger partial charge in [0.25, 0.3) is 5.91 Å². The highest BCUT2D eigenvalue weighted by atomic mass is 32.2. The summed E-state index contributed by atoms with van der Waals surface area (Å²) >= 11 is 1.27. The van der Waals surface area contributed by atoms with Gasteiger partial charge in [-0.3, -0.25) is 10.2 Å². The quantitative estimate of drug-likeness (QED) is 0.544. The number of hydrogen-bond acceptors (Lipinski definition) is 5. The minimum atomic E-state index is -0.472. The molecule has 0 saturated carbocycles. The van der Waals surface area contributed by atoms with Gasteiger partial charge in [-0.05, 0) is 53.2 Å². The monoisotopic (exact) mass is 456 g/mol. The Balaban J connectivity index is 1.31. The van der Waals surface area contributed by atoms with Crippen LogP contribution in [0.15, 0.2) is 94.5 Å². The topological polar surface area (TPSA) is 78.1 Å². The lowest BCUT2D eigenvalue weighted by Gasteiger charge is -2.20. The van der Waals surface area contributed by atoms with Crippen LogP contribution in [0.1, 0.15) is 16.7 Å². The number of amides is 1. The first-order chi connectivity index (χ1) is 16.1. The molecule has 8 heteroatoms. The summed E-state index contributed by atoms with van der Waals surface area (Å²) in [6.45, 7) is 0.315. The van der Waals surface area contributed by atoms with Crippen molar-refractivity contribution in [2.45, 2.75) is 6.61 Å². The molecule has 3 aromatic carbocycles. The number of benzene rings is 3. The number of thioether (sulfide) groups is 1. The van der Waals surface area contributed by atoms with E-state index in [4.69, 9.17) is 10.1 Å². The van der Waals surface area contributed by atoms with E-state index >= 15 is 0 Å². The fourth-order valence-corrected chi connectivity index (χ4v) is 4.16. The summed E-state index contributed by atoms with van der Waals surface area (Å²) < 4.78 is 18.7. The fourth-order valence-electron chi connectivity index (χ4n) is 3.26. The molecule has 2 aliphatic rings. The van der Waals surface area contributed by atoms with Gasteiger partial charge in [-0.2, -0.15) is 15.1 Å². The first-order valence-corrected chi connectivity index (χ1v) is 10.9. The molecule has 0 radical (unpaired) electrons. The second kappa shape index (κ2) is 8.84. The van der Waals surface area contributed by atoms with Crippen LogP contribution >= 0.6 is 11.8 Å². The van der Waals surface area contributed by atoms with Crippen molar-refractivity contribution in [3.8, 4) is 5.75 Å². The Labute approximate surface area is 193 Å². The van der Waals surface area contributed by atoms with E-state index in [9.17, 15) is 9.18 Å². The Kier molecular flexibility index (Phi) is 5.58. The summed E-state index contributed by atoms with van der Waals surface area (Å²) in [5.74, 6) is -0.134. The number of carbonyl (C=O) groups excluding carboxylic acids is 1. The van der Waals surface area contributed by atoms with Gasteiger partial charge in [0.1, 0.15) is 23.2 Å². The molecule has 2 heterocycles. The summed E-state index contributed by atoms with van der Waals surface area (Å²) in [7, 11) is 0. The molecule has 0 aliphatic carbocycles. The van der Waals surface area contributed by atoms with Crippen molar-refractivity contribution < 1.29 is 13.9 Å². The highest BCUT2D eigenvalue weighted by Crippen LogP contribution is 2.31. The van der Waals surface area contributed by atoms with E-state index in [2.05, 4.69) is 10.1 Å². The molecule has 0 aromatic heterocycles. The molecule has 3 aromatic rings. The number of fused-ring (bicyclic) bond motifs is 1. The number of ether oxygens (including phenoxy) is 1. The highest BCUT2D eigenvalue weighted by Gasteiger charge is 2.35. The summed E-state index contributed by atoms with van der Waals surface area (Å²) in [5, 5.41) is 15.4. The third-order valence-electron chi connectivity index (χ3n) is 4.99. The van der Waals surface area contributed by atoms with Gasteiger partial charge in [0.2, 0.25) is 5.17 Å². The first kappa shape index (κ1) is 20.8. The van der Waals surface area contributed by atoms with E-state index in [1.165, 1.54) is 28.9 Å². The molecule has 6 nitrogen and oxygen atoms in total. The van der Waals surface area contributed by atoms with Crippen molar-refractivity contribution in [3.05, 3.63) is 107 Å². The molecule has 0 spiro atoms. The zero-order valence-corrected chi connectivity index (χ0v) is 18.1. The molecule has 2 aliphatic heterocycles. The van der Waals surface area contributed by atoms with Gasteiger partial charge in [0.05, 0.1) is 5.57 Å². The lowest BCUT2D eigenvalue weighted by Crippen LogP contribution is -2.35. The fraction of sp³-hybridized carbons (Fsp3) is 0.0400. The molecule has 33 heavy (non-hydrogen) atoms. The van der Waals surface area contributed by atoms with E-state index in [1.54, 1.807) is 42.5 Å². The SMILES string of the molecule is N=C1C(=Cc2ccc(OCc3ccc(F)cc3)cc2)C(=O)N=C2SC(c3ccccc3)=NN12. The minimum absolute atomic E-state index is 0.0138. The minimum Gasteiger partial charge on any atom is -0.489 e. The van der Waals surface area contributed by atoms with Crippen LogP contribution in [-0.4, -0.2) is 27.0 Å². The number of amidine groups is 2. The Morgan fingerprint density at radius 3 is 2.45 bits per heavy atom. The van der Waals surface area contributed by atoms with Gasteiger partial charge in [-0.25, -0.2) is 4.39 Å². The average molecular weight is 457 g/mol. The van der Waals surface area contributed by atoms with Gasteiger partial charge in [0.15, 0.2) is 5.84 Å². The maximum Gasteiger partial charge on any atom is 0.283 e. The largest absolute Gasteiger partial charge is 0.489 e. The zero-order chi connectivity index (χ0) is 22.8. The predicted octanol–water partition coefficient (Wildman–Crippen LogP) is 5.07. The molecule has 1 N–H and O–H groups in total. The number of aliphatic imine (C=N–C) groups is 1. The van der Waals surface area contributed by atoms with Crippen molar-refractivity contribution in [2.24, 2.45) is 10.1 Å². The Bertz CT molecular complexity index is 1320. The van der Waals surface area contributed by atoms with Gasteiger partial charge in [-0.15, -0.1) is 0 Å². The van der Waals surface area contributed by atoms with Crippen LogP contribution in [0.25, 0.3) is 6.08 Å². The predicted molar refractivity (Wildman–Crippen MR) is 128 cm³/mol. The zero-order valence-electron chi connectivity index (χ0n) is 17.2. The number of hydrazone groups is 1. The van der Waals surface area contributed by atoms with Crippen molar-refractivity contribution in [1.29, 1.82) is 5.41 Å². The lowest BCUT2D eigenvalue weighted by atomic mass is 10.1. The number of carbonyl (C=O) groups is 1. The van der Waals surface area contributed by atoms with Crippen LogP contribution in [-0.2, 0) is 11.4 Å². The maximum atomic E-state index is 13.0. The molecule has 0 bridgehead atoms. The molecule has 0 fully saturated rings. The summed E-state index contributed by atoms with van der Waals surface area (Å²) in [6.07, 6.45) is 1.62. The maximum absolute atomic E-state index is 13.0. The van der Waals surface area contributed by atoms with Gasteiger partial charge < -0.3 is 4.74 Å². The smallest absolute Gasteiger partial charge is 0.283 e. The Morgan fingerprint density at radius 1 is 1.00 bits per heavy atom. The van der Waals surface area contributed by atoms with E-state index < -0.39 is 5.91 Å². The second-order valence-electron chi connectivity index (χ2n) is 7.28. The van der Waals surface area contributed by atoms with E-state index in [-0.39, 0.29) is 17.2 Å². The van der Waals surface area contributed by atoms with Crippen LogP contribution in [0.4, 0.5) is 4.39 Å². The Hall–Kier alpha value is -4.04. The molecule has 162 valence electrons. The molecule has 5 rings (SSSR count). The van der Waals surface area contributed by atoms with Crippen LogP contribution in [0, 0.1) is 11.2 Å². The third kappa shape index (κ3) is 4.47. The summed E-state index contributed by atoms with van der Waals surface area (Å²) in [5.41, 5.74) is 2.66. The second-order valence-corrected chi connectivity index (χ2v) is 8.23. The van der Waals surface area contributed by atoms with Crippen LogP contribution in [0.2, 0.25) is 0 Å². The third-order valence-corrected chi connectivity index (χ3v) is 5.94. The lowest BCUT2D eigenvalue weighted by molar-refractivity contribution is -0.114. The van der Waals surface area contributed by atoms with Crippen LogP contribution in [0.5, 0.6) is 5.75 Å². The van der Waals surface area contributed by atoms with Crippen molar-refractivity contribution in [2.75, 3.05) is 0 Å². The van der Waals surface area contributed by atoms with Crippen molar-refractivity contribution >= 4 is 39.8 Å². The van der Waals surface area contributed by atoms with Gasteiger partial charge >= 0.3 is 0 Å². The number of rotatable bonds is 5. The summed E-state index contributed by atoms with van der Waals surface area (Å²) in [4.78, 5) is 16.7. The Morgan fingerprint density at radius 2 is 1.73 bits per heavy atom. The standard InChI is InChI=1S/C25H17FN4O2S/c26-19-10-6-17(7-11-19)15-32-20-12-8-16(9-13-20)14-21-22(27)30-25(28-23(21)31)33-24(29-30)18-4-2-1-3-5-18/h1-14,27H,15H2. The van der Waals surface area contributed by atoms with Crippen molar-refractivity contribution in [3.63, 3.8) is 0 Å². The van der Waals surface area contributed by atoms with E-state index in [0.717, 1.165) is 16.7 Å². The number of nitrogens with zero attached hydrogens (tertiary/aromatic N) is 3. The molecular formula is C25H17FN4O2S. The molecule has 1 amide bonds. The van der Waals surface area contributed by atoms with Gasteiger partial charge in [-0.1, -0.05) is 54.6 Å². The number of nitrogens with one attached hydrogen (secondary N) is 1. The molecule has 0 atom stereocenters. The first-order valence-electron chi connectivity index (χ1n) is 10.1. The number of halogens is 1.